The molecule has 0 bridgehead atoms. The third kappa shape index (κ3) is 3.21. The number of hydrogen-bond donors (Lipinski definition) is 1. The molecule has 0 heterocycles. The standard InChI is InChI=1S/C12H17NO/c1-3-7-10(2)12(14)13-11-8-5-4-6-9-11/h4-6,8-10H,3,7H2,1-2H3,(H,13,14). The van der Waals surface area contributed by atoms with Gasteiger partial charge >= 0.3 is 0 Å². The van der Waals surface area contributed by atoms with Crippen LogP contribution in [0.2, 0.25) is 0 Å². The van der Waals surface area contributed by atoms with E-state index in [1.165, 1.54) is 0 Å². The van der Waals surface area contributed by atoms with Crippen molar-refractivity contribution >= 4 is 11.6 Å². The highest BCUT2D eigenvalue weighted by molar-refractivity contribution is 5.92. The van der Waals surface area contributed by atoms with Crippen molar-refractivity contribution < 1.29 is 4.79 Å². The minimum absolute atomic E-state index is 0.0974. The van der Waals surface area contributed by atoms with Gasteiger partial charge in [-0.25, -0.2) is 0 Å². The molecule has 1 aromatic rings. The number of rotatable bonds is 4. The Balaban J connectivity index is 2.49. The fourth-order valence-corrected chi connectivity index (χ4v) is 1.35. The van der Waals surface area contributed by atoms with E-state index in [0.717, 1.165) is 18.5 Å². The predicted molar refractivity (Wildman–Crippen MR) is 59.1 cm³/mol. The molecule has 1 unspecified atom stereocenters. The van der Waals surface area contributed by atoms with Crippen LogP contribution >= 0.6 is 0 Å². The minimum atomic E-state index is 0.0974. The topological polar surface area (TPSA) is 29.1 Å². The lowest BCUT2D eigenvalue weighted by Crippen LogP contribution is -2.19. The van der Waals surface area contributed by atoms with E-state index >= 15 is 0 Å². The van der Waals surface area contributed by atoms with E-state index in [-0.39, 0.29) is 11.8 Å². The smallest absolute Gasteiger partial charge is 0.227 e. The Morgan fingerprint density at radius 1 is 1.36 bits per heavy atom. The summed E-state index contributed by atoms with van der Waals surface area (Å²) >= 11 is 0. The second-order valence-electron chi connectivity index (χ2n) is 3.54. The molecule has 1 aromatic carbocycles. The van der Waals surface area contributed by atoms with Crippen molar-refractivity contribution in [1.82, 2.24) is 0 Å². The second-order valence-corrected chi connectivity index (χ2v) is 3.54. The fraction of sp³-hybridized carbons (Fsp3) is 0.417. The summed E-state index contributed by atoms with van der Waals surface area (Å²) in [4.78, 5) is 11.6. The summed E-state index contributed by atoms with van der Waals surface area (Å²) in [6, 6.07) is 9.57. The Bertz CT molecular complexity index is 282. The first-order valence-corrected chi connectivity index (χ1v) is 5.10. The molecule has 0 saturated heterocycles. The molecule has 0 aliphatic carbocycles. The third-order valence-electron chi connectivity index (χ3n) is 2.21. The fourth-order valence-electron chi connectivity index (χ4n) is 1.35. The van der Waals surface area contributed by atoms with E-state index in [1.54, 1.807) is 0 Å². The van der Waals surface area contributed by atoms with Crippen LogP contribution in [0.15, 0.2) is 30.3 Å². The second kappa shape index (κ2) is 5.43. The molecule has 1 N–H and O–H groups in total. The van der Waals surface area contributed by atoms with Crippen LogP contribution in [0.3, 0.4) is 0 Å². The largest absolute Gasteiger partial charge is 0.326 e. The number of benzene rings is 1. The average molecular weight is 191 g/mol. The van der Waals surface area contributed by atoms with Crippen molar-refractivity contribution in [2.45, 2.75) is 26.7 Å². The maximum absolute atomic E-state index is 11.6. The van der Waals surface area contributed by atoms with Gasteiger partial charge in [-0.05, 0) is 18.6 Å². The van der Waals surface area contributed by atoms with Gasteiger partial charge in [0, 0.05) is 11.6 Å². The molecule has 76 valence electrons. The monoisotopic (exact) mass is 191 g/mol. The maximum Gasteiger partial charge on any atom is 0.227 e. The lowest BCUT2D eigenvalue weighted by molar-refractivity contribution is -0.119. The summed E-state index contributed by atoms with van der Waals surface area (Å²) in [7, 11) is 0. The van der Waals surface area contributed by atoms with Gasteiger partial charge in [-0.2, -0.15) is 0 Å². The van der Waals surface area contributed by atoms with Gasteiger partial charge in [-0.1, -0.05) is 38.5 Å². The normalized spacial score (nSPS) is 12.1. The van der Waals surface area contributed by atoms with Crippen LogP contribution in [0, 0.1) is 5.92 Å². The molecule has 1 rings (SSSR count). The highest BCUT2D eigenvalue weighted by Gasteiger charge is 2.10. The van der Waals surface area contributed by atoms with Crippen LogP contribution in [0.25, 0.3) is 0 Å². The number of anilines is 1. The van der Waals surface area contributed by atoms with Crippen molar-refractivity contribution in [2.75, 3.05) is 5.32 Å². The summed E-state index contributed by atoms with van der Waals surface area (Å²) in [6.45, 7) is 4.05. The van der Waals surface area contributed by atoms with Crippen molar-refractivity contribution in [3.8, 4) is 0 Å². The van der Waals surface area contributed by atoms with Gasteiger partial charge in [-0.15, -0.1) is 0 Å². The zero-order valence-corrected chi connectivity index (χ0v) is 8.79. The number of hydrogen-bond acceptors (Lipinski definition) is 1. The molecule has 0 radical (unpaired) electrons. The summed E-state index contributed by atoms with van der Waals surface area (Å²) in [5.74, 6) is 0.207. The Kier molecular flexibility index (Phi) is 4.17. The minimum Gasteiger partial charge on any atom is -0.326 e. The van der Waals surface area contributed by atoms with Crippen molar-refractivity contribution in [1.29, 1.82) is 0 Å². The SMILES string of the molecule is CCCC(C)C(=O)Nc1ccccc1. The first-order valence-electron chi connectivity index (χ1n) is 5.10. The van der Waals surface area contributed by atoms with Gasteiger partial charge in [0.2, 0.25) is 5.91 Å². The Hall–Kier alpha value is -1.31. The van der Waals surface area contributed by atoms with Gasteiger partial charge in [-0.3, -0.25) is 4.79 Å². The average Bonchev–Trinajstić information content (AvgIpc) is 2.19. The zero-order chi connectivity index (χ0) is 10.4. The molecule has 0 fully saturated rings. The van der Waals surface area contributed by atoms with Crippen LogP contribution in [0.1, 0.15) is 26.7 Å². The molecule has 14 heavy (non-hydrogen) atoms. The predicted octanol–water partition coefficient (Wildman–Crippen LogP) is 3.06. The molecular weight excluding hydrogens is 174 g/mol. The first kappa shape index (κ1) is 10.8. The number of carbonyl (C=O) groups is 1. The van der Waals surface area contributed by atoms with Crippen molar-refractivity contribution in [2.24, 2.45) is 5.92 Å². The molecule has 1 atom stereocenters. The first-order chi connectivity index (χ1) is 6.74. The van der Waals surface area contributed by atoms with E-state index in [2.05, 4.69) is 12.2 Å². The van der Waals surface area contributed by atoms with Gasteiger partial charge in [0.1, 0.15) is 0 Å². The van der Waals surface area contributed by atoms with E-state index in [4.69, 9.17) is 0 Å². The molecule has 0 spiro atoms. The van der Waals surface area contributed by atoms with Crippen molar-refractivity contribution in [3.05, 3.63) is 30.3 Å². The summed E-state index contributed by atoms with van der Waals surface area (Å²) in [6.07, 6.45) is 1.99. The lowest BCUT2D eigenvalue weighted by atomic mass is 10.1. The molecule has 0 aromatic heterocycles. The van der Waals surface area contributed by atoms with E-state index in [1.807, 2.05) is 37.3 Å². The number of amides is 1. The van der Waals surface area contributed by atoms with Gasteiger partial charge < -0.3 is 5.32 Å². The lowest BCUT2D eigenvalue weighted by Gasteiger charge is -2.10. The van der Waals surface area contributed by atoms with Crippen LogP contribution < -0.4 is 5.32 Å². The molecule has 2 nitrogen and oxygen atoms in total. The van der Waals surface area contributed by atoms with Crippen LogP contribution in [-0.2, 0) is 4.79 Å². The maximum atomic E-state index is 11.6. The molecule has 0 saturated carbocycles. The van der Waals surface area contributed by atoms with Crippen molar-refractivity contribution in [3.63, 3.8) is 0 Å². The van der Waals surface area contributed by atoms with Gasteiger partial charge in [0.05, 0.1) is 0 Å². The summed E-state index contributed by atoms with van der Waals surface area (Å²) < 4.78 is 0. The molecular formula is C12H17NO. The van der Waals surface area contributed by atoms with Crippen LogP contribution in [-0.4, -0.2) is 5.91 Å². The number of para-hydroxylation sites is 1. The quantitative estimate of drug-likeness (QED) is 0.778. The molecule has 0 aliphatic heterocycles. The summed E-state index contributed by atoms with van der Waals surface area (Å²) in [5, 5.41) is 2.89. The van der Waals surface area contributed by atoms with Crippen LogP contribution in [0.4, 0.5) is 5.69 Å². The van der Waals surface area contributed by atoms with Crippen LogP contribution in [0.5, 0.6) is 0 Å². The number of carbonyl (C=O) groups excluding carboxylic acids is 1. The van der Waals surface area contributed by atoms with Gasteiger partial charge in [0.15, 0.2) is 0 Å². The molecule has 2 heteroatoms. The van der Waals surface area contributed by atoms with Gasteiger partial charge in [0.25, 0.3) is 0 Å². The Morgan fingerprint density at radius 3 is 2.57 bits per heavy atom. The summed E-state index contributed by atoms with van der Waals surface area (Å²) in [5.41, 5.74) is 0.875. The Morgan fingerprint density at radius 2 is 2.00 bits per heavy atom. The third-order valence-corrected chi connectivity index (χ3v) is 2.21. The number of nitrogens with one attached hydrogen (secondary N) is 1. The van der Waals surface area contributed by atoms with E-state index in [0.29, 0.717) is 0 Å². The molecule has 1 amide bonds. The van der Waals surface area contributed by atoms with E-state index < -0.39 is 0 Å². The highest BCUT2D eigenvalue weighted by Crippen LogP contribution is 2.10. The highest BCUT2D eigenvalue weighted by atomic mass is 16.1. The van der Waals surface area contributed by atoms with E-state index in [9.17, 15) is 4.79 Å². The zero-order valence-electron chi connectivity index (χ0n) is 8.79. The molecule has 0 aliphatic rings. The Labute approximate surface area is 85.3 Å².